The molecule has 0 aliphatic rings. The summed E-state index contributed by atoms with van der Waals surface area (Å²) in [4.78, 5) is 11.5. The summed E-state index contributed by atoms with van der Waals surface area (Å²) in [6.45, 7) is 2.32. The maximum Gasteiger partial charge on any atom is 0.271 e. The molecule has 0 unspecified atom stereocenters. The summed E-state index contributed by atoms with van der Waals surface area (Å²) in [6.07, 6.45) is 0. The lowest BCUT2D eigenvalue weighted by atomic mass is 10.3. The Kier molecular flexibility index (Phi) is 4.62. The molecule has 0 radical (unpaired) electrons. The Bertz CT molecular complexity index is 620. The number of hydrogen-bond acceptors (Lipinski definition) is 4. The zero-order chi connectivity index (χ0) is 14.5. The fraction of sp³-hybridized carbons (Fsp3) is 0.154. The van der Waals surface area contributed by atoms with Gasteiger partial charge in [0, 0.05) is 18.7 Å². The van der Waals surface area contributed by atoms with Crippen LogP contribution in [-0.4, -0.2) is 22.6 Å². The van der Waals surface area contributed by atoms with Crippen molar-refractivity contribution in [2.45, 2.75) is 6.92 Å². The minimum Gasteiger partial charge on any atom is -0.436 e. The van der Waals surface area contributed by atoms with Crippen LogP contribution in [0, 0.1) is 5.82 Å². The number of ether oxygens (including phenoxy) is 1. The van der Waals surface area contributed by atoms with Crippen LogP contribution < -0.4 is 10.1 Å². The molecule has 104 valence electrons. The van der Waals surface area contributed by atoms with Gasteiger partial charge in [0.25, 0.3) is 5.91 Å². The molecule has 0 fully saturated rings. The number of amides is 1. The summed E-state index contributed by atoms with van der Waals surface area (Å²) in [5.41, 5.74) is 0.192. The van der Waals surface area contributed by atoms with Gasteiger partial charge in [-0.15, -0.1) is 10.2 Å². The minimum absolute atomic E-state index is 0.171. The van der Waals surface area contributed by atoms with E-state index in [1.807, 2.05) is 6.92 Å². The average molecular weight is 340 g/mol. The van der Waals surface area contributed by atoms with E-state index < -0.39 is 5.82 Å². The summed E-state index contributed by atoms with van der Waals surface area (Å²) in [5.74, 6) is -0.275. The van der Waals surface area contributed by atoms with Gasteiger partial charge < -0.3 is 10.1 Å². The topological polar surface area (TPSA) is 64.1 Å². The first kappa shape index (κ1) is 14.4. The second-order valence-corrected chi connectivity index (χ2v) is 4.65. The Labute approximate surface area is 123 Å². The SMILES string of the molecule is CCNC(=O)c1ccc(Oc2cc(F)ccc2Br)nn1. The molecular weight excluding hydrogens is 329 g/mol. The lowest BCUT2D eigenvalue weighted by molar-refractivity contribution is 0.0949. The van der Waals surface area contributed by atoms with Crippen LogP contribution in [0.1, 0.15) is 17.4 Å². The Morgan fingerprint density at radius 3 is 2.80 bits per heavy atom. The van der Waals surface area contributed by atoms with Gasteiger partial charge in [0.2, 0.25) is 5.88 Å². The number of rotatable bonds is 4. The number of benzene rings is 1. The van der Waals surface area contributed by atoms with Gasteiger partial charge in [0.15, 0.2) is 5.69 Å². The lowest BCUT2D eigenvalue weighted by Crippen LogP contribution is -2.23. The Morgan fingerprint density at radius 1 is 1.35 bits per heavy atom. The first-order chi connectivity index (χ1) is 9.60. The van der Waals surface area contributed by atoms with Crippen molar-refractivity contribution in [2.24, 2.45) is 0 Å². The maximum absolute atomic E-state index is 13.1. The van der Waals surface area contributed by atoms with Gasteiger partial charge in [0.1, 0.15) is 11.6 Å². The van der Waals surface area contributed by atoms with E-state index in [0.29, 0.717) is 11.0 Å². The fourth-order valence-electron chi connectivity index (χ4n) is 1.41. The van der Waals surface area contributed by atoms with Gasteiger partial charge in [-0.1, -0.05) is 0 Å². The van der Waals surface area contributed by atoms with E-state index in [1.54, 1.807) is 0 Å². The number of halogens is 2. The molecule has 0 bridgehead atoms. The quantitative estimate of drug-likeness (QED) is 0.930. The summed E-state index contributed by atoms with van der Waals surface area (Å²) in [6, 6.07) is 7.04. The highest BCUT2D eigenvalue weighted by Crippen LogP contribution is 2.29. The van der Waals surface area contributed by atoms with Crippen molar-refractivity contribution in [2.75, 3.05) is 6.54 Å². The molecule has 1 heterocycles. The van der Waals surface area contributed by atoms with Crippen molar-refractivity contribution in [3.8, 4) is 11.6 Å². The molecular formula is C13H11BrFN3O2. The fourth-order valence-corrected chi connectivity index (χ4v) is 1.74. The summed E-state index contributed by atoms with van der Waals surface area (Å²) in [5, 5.41) is 10.1. The second-order valence-electron chi connectivity index (χ2n) is 3.79. The van der Waals surface area contributed by atoms with Crippen LogP contribution in [0.3, 0.4) is 0 Å². The molecule has 5 nitrogen and oxygen atoms in total. The Balaban J connectivity index is 2.14. The second kappa shape index (κ2) is 6.42. The van der Waals surface area contributed by atoms with Crippen LogP contribution in [0.2, 0.25) is 0 Å². The van der Waals surface area contributed by atoms with Crippen molar-refractivity contribution in [1.82, 2.24) is 15.5 Å². The molecule has 1 aromatic carbocycles. The molecule has 0 atom stereocenters. The van der Waals surface area contributed by atoms with E-state index in [9.17, 15) is 9.18 Å². The van der Waals surface area contributed by atoms with Crippen molar-refractivity contribution < 1.29 is 13.9 Å². The van der Waals surface area contributed by atoms with Crippen LogP contribution in [0.5, 0.6) is 11.6 Å². The third-order valence-corrected chi connectivity index (χ3v) is 2.97. The van der Waals surface area contributed by atoms with Crippen LogP contribution in [-0.2, 0) is 0 Å². The first-order valence-electron chi connectivity index (χ1n) is 5.85. The third-order valence-electron chi connectivity index (χ3n) is 2.32. The molecule has 0 aliphatic heterocycles. The predicted octanol–water partition coefficient (Wildman–Crippen LogP) is 2.92. The van der Waals surface area contributed by atoms with E-state index in [0.717, 1.165) is 0 Å². The van der Waals surface area contributed by atoms with Crippen molar-refractivity contribution in [3.05, 3.63) is 46.3 Å². The normalized spacial score (nSPS) is 10.2. The third kappa shape index (κ3) is 3.51. The highest BCUT2D eigenvalue weighted by molar-refractivity contribution is 9.10. The van der Waals surface area contributed by atoms with Gasteiger partial charge >= 0.3 is 0 Å². The standard InChI is InChI=1S/C13H11BrFN3O2/c1-2-16-13(19)10-5-6-12(18-17-10)20-11-7-8(15)3-4-9(11)14/h3-7H,2H2,1H3,(H,16,19). The molecule has 1 N–H and O–H groups in total. The molecule has 20 heavy (non-hydrogen) atoms. The minimum atomic E-state index is -0.421. The largest absolute Gasteiger partial charge is 0.436 e. The van der Waals surface area contributed by atoms with Gasteiger partial charge in [-0.2, -0.15) is 0 Å². The number of nitrogens with one attached hydrogen (secondary N) is 1. The van der Waals surface area contributed by atoms with E-state index in [-0.39, 0.29) is 23.2 Å². The number of aromatic nitrogens is 2. The van der Waals surface area contributed by atoms with Crippen LogP contribution in [0.4, 0.5) is 4.39 Å². The van der Waals surface area contributed by atoms with Crippen molar-refractivity contribution in [3.63, 3.8) is 0 Å². The number of carbonyl (C=O) groups is 1. The molecule has 7 heteroatoms. The van der Waals surface area contributed by atoms with Gasteiger partial charge in [-0.3, -0.25) is 4.79 Å². The van der Waals surface area contributed by atoms with E-state index >= 15 is 0 Å². The molecule has 0 saturated heterocycles. The highest BCUT2D eigenvalue weighted by atomic mass is 79.9. The Hall–Kier alpha value is -2.02. The van der Waals surface area contributed by atoms with Crippen LogP contribution >= 0.6 is 15.9 Å². The molecule has 0 saturated carbocycles. The van der Waals surface area contributed by atoms with Crippen LogP contribution in [0.15, 0.2) is 34.8 Å². The lowest BCUT2D eigenvalue weighted by Gasteiger charge is -2.06. The maximum atomic E-state index is 13.1. The molecule has 1 aromatic heterocycles. The van der Waals surface area contributed by atoms with Crippen LogP contribution in [0.25, 0.3) is 0 Å². The summed E-state index contributed by atoms with van der Waals surface area (Å²) < 4.78 is 19.1. The molecule has 1 amide bonds. The zero-order valence-corrected chi connectivity index (χ0v) is 12.1. The van der Waals surface area contributed by atoms with Gasteiger partial charge in [-0.25, -0.2) is 4.39 Å². The molecule has 2 aromatic rings. The van der Waals surface area contributed by atoms with E-state index in [1.165, 1.54) is 30.3 Å². The molecule has 2 rings (SSSR count). The predicted molar refractivity (Wildman–Crippen MR) is 74.2 cm³/mol. The Morgan fingerprint density at radius 2 is 2.15 bits per heavy atom. The first-order valence-corrected chi connectivity index (χ1v) is 6.64. The van der Waals surface area contributed by atoms with Gasteiger partial charge in [-0.05, 0) is 41.1 Å². The average Bonchev–Trinajstić information content (AvgIpc) is 2.44. The molecule has 0 spiro atoms. The molecule has 0 aliphatic carbocycles. The van der Waals surface area contributed by atoms with Gasteiger partial charge in [0.05, 0.1) is 4.47 Å². The summed E-state index contributed by atoms with van der Waals surface area (Å²) >= 11 is 3.24. The number of carbonyl (C=O) groups excluding carboxylic acids is 1. The van der Waals surface area contributed by atoms with E-state index in [4.69, 9.17) is 4.74 Å². The summed E-state index contributed by atoms with van der Waals surface area (Å²) in [7, 11) is 0. The number of hydrogen-bond donors (Lipinski definition) is 1. The van der Waals surface area contributed by atoms with Crippen molar-refractivity contribution in [1.29, 1.82) is 0 Å². The smallest absolute Gasteiger partial charge is 0.271 e. The monoisotopic (exact) mass is 339 g/mol. The highest BCUT2D eigenvalue weighted by Gasteiger charge is 2.09. The van der Waals surface area contributed by atoms with E-state index in [2.05, 4.69) is 31.4 Å². The number of nitrogens with zero attached hydrogens (tertiary/aromatic N) is 2. The zero-order valence-electron chi connectivity index (χ0n) is 10.6. The van der Waals surface area contributed by atoms with Crippen molar-refractivity contribution >= 4 is 21.8 Å².